The fraction of sp³-hybridized carbons (Fsp3) is 0.310. The molecule has 3 aromatic carbocycles. The molecule has 3 fully saturated rings. The molecule has 0 radical (unpaired) electrons. The molecule has 2 aliphatic heterocycles. The van der Waals surface area contributed by atoms with E-state index in [1.807, 2.05) is 6.08 Å². The number of imide groups is 2. The first-order chi connectivity index (χ1) is 27.9. The van der Waals surface area contributed by atoms with E-state index >= 15 is 9.59 Å². The topological polar surface area (TPSA) is 132 Å². The molecule has 6 atom stereocenters. The summed E-state index contributed by atoms with van der Waals surface area (Å²) in [5.41, 5.74) is 2.92. The summed E-state index contributed by atoms with van der Waals surface area (Å²) in [5.74, 6) is -7.48. The second-order valence-corrected chi connectivity index (χ2v) is 16.5. The zero-order valence-corrected chi connectivity index (χ0v) is 34.0. The van der Waals surface area contributed by atoms with Gasteiger partial charge in [0, 0.05) is 18.0 Å². The van der Waals surface area contributed by atoms with Gasteiger partial charge in [-0.2, -0.15) is 23.2 Å². The second kappa shape index (κ2) is 14.5. The number of fused-ring (bicyclic) bond motifs is 4. The lowest BCUT2D eigenvalue weighted by Gasteiger charge is -2.50. The number of allylic oxidation sites excluding steroid dienone is 2. The minimum absolute atomic E-state index is 0.0373. The highest BCUT2D eigenvalue weighted by molar-refractivity contribution is 6.36. The third kappa shape index (κ3) is 6.21. The average Bonchev–Trinajstić information content (AvgIpc) is 3.57. The number of ether oxygens (including phenoxy) is 1. The summed E-state index contributed by atoms with van der Waals surface area (Å²) in [6.45, 7) is 3.43. The number of phenolic OH excluding ortho intramolecular Hbond substituents is 1. The highest BCUT2D eigenvalue weighted by Gasteiger charge is 2.70. The molecule has 17 heteroatoms. The third-order valence-corrected chi connectivity index (χ3v) is 13.0. The van der Waals surface area contributed by atoms with Gasteiger partial charge in [0.1, 0.15) is 17.2 Å². The highest BCUT2D eigenvalue weighted by Crippen LogP contribution is 2.64. The van der Waals surface area contributed by atoms with Crippen molar-refractivity contribution in [2.75, 3.05) is 24.6 Å². The van der Waals surface area contributed by atoms with Gasteiger partial charge < -0.3 is 9.84 Å². The Morgan fingerprint density at radius 3 is 2.20 bits per heavy atom. The van der Waals surface area contributed by atoms with E-state index in [1.165, 1.54) is 26.3 Å². The second-order valence-electron chi connectivity index (χ2n) is 15.2. The van der Waals surface area contributed by atoms with Crippen molar-refractivity contribution in [1.82, 2.24) is 15.0 Å². The van der Waals surface area contributed by atoms with Crippen molar-refractivity contribution >= 4 is 69.9 Å². The zero-order chi connectivity index (χ0) is 42.5. The molecule has 4 amide bonds. The lowest BCUT2D eigenvalue weighted by molar-refractivity contribution is -0.142. The lowest BCUT2D eigenvalue weighted by atomic mass is 9.49. The van der Waals surface area contributed by atoms with Gasteiger partial charge in [0.15, 0.2) is 5.82 Å². The predicted octanol–water partition coefficient (Wildman–Crippen LogP) is 8.43. The first-order valence-electron chi connectivity index (χ1n) is 18.5. The number of phenols is 1. The number of halogens is 6. The molecule has 8 rings (SSSR count). The number of amides is 4. The van der Waals surface area contributed by atoms with Gasteiger partial charge in [0.05, 0.1) is 46.0 Å². The summed E-state index contributed by atoms with van der Waals surface area (Å²) in [6.07, 6.45) is -3.03. The number of rotatable bonds is 7. The molecule has 11 nitrogen and oxygen atoms in total. The molecule has 0 spiro atoms. The number of nitrogens with one attached hydrogen (secondary N) is 1. The van der Waals surface area contributed by atoms with E-state index < -0.39 is 76.3 Å². The first kappa shape index (κ1) is 40.5. The van der Waals surface area contributed by atoms with Gasteiger partial charge in [-0.15, -0.1) is 0 Å². The Balaban J connectivity index is 1.30. The molecular formula is C42H35Cl3F3N5O6. The summed E-state index contributed by atoms with van der Waals surface area (Å²) in [5, 5.41) is 13.8. The maximum atomic E-state index is 15.5. The van der Waals surface area contributed by atoms with Crippen molar-refractivity contribution in [2.45, 2.75) is 44.2 Å². The number of pyridine rings is 1. The summed E-state index contributed by atoms with van der Waals surface area (Å²) < 4.78 is 46.7. The normalized spacial score (nSPS) is 25.1. The molecule has 4 aliphatic rings. The number of alkyl halides is 3. The largest absolute Gasteiger partial charge is 0.507 e. The molecule has 1 aromatic heterocycles. The Labute approximate surface area is 351 Å². The number of nitrogens with zero attached hydrogens (tertiary/aromatic N) is 4. The van der Waals surface area contributed by atoms with Crippen molar-refractivity contribution in [3.63, 3.8) is 0 Å². The first-order valence-corrected chi connectivity index (χ1v) is 19.6. The lowest BCUT2D eigenvalue weighted by Crippen LogP contribution is -2.53. The number of hydrogen-bond acceptors (Lipinski definition) is 9. The number of methoxy groups -OCH3 is 1. The molecule has 2 aliphatic carbocycles. The number of aromatic nitrogens is 1. The van der Waals surface area contributed by atoms with Gasteiger partial charge in [-0.3, -0.25) is 29.6 Å². The van der Waals surface area contributed by atoms with E-state index in [0.717, 1.165) is 21.1 Å². The van der Waals surface area contributed by atoms with Gasteiger partial charge >= 0.3 is 6.18 Å². The van der Waals surface area contributed by atoms with Crippen molar-refractivity contribution in [1.29, 1.82) is 0 Å². The van der Waals surface area contributed by atoms with Crippen LogP contribution in [0.5, 0.6) is 11.5 Å². The van der Waals surface area contributed by atoms with Crippen LogP contribution in [0.4, 0.5) is 24.7 Å². The number of anilines is 2. The molecule has 0 bridgehead atoms. The Morgan fingerprint density at radius 1 is 0.898 bits per heavy atom. The van der Waals surface area contributed by atoms with Crippen LogP contribution in [-0.2, 0) is 30.8 Å². The van der Waals surface area contributed by atoms with Crippen LogP contribution in [-0.4, -0.2) is 57.9 Å². The van der Waals surface area contributed by atoms with E-state index in [2.05, 4.69) is 10.4 Å². The maximum Gasteiger partial charge on any atom is 0.433 e. The summed E-state index contributed by atoms with van der Waals surface area (Å²) in [7, 11) is 2.74. The summed E-state index contributed by atoms with van der Waals surface area (Å²) in [4.78, 5) is 63.2. The number of aryl methyl sites for hydroxylation is 2. The number of hydrogen-bond donors (Lipinski definition) is 2. The molecule has 6 unspecified atom stereocenters. The van der Waals surface area contributed by atoms with Gasteiger partial charge in [-0.25, -0.2) is 4.98 Å². The van der Waals surface area contributed by atoms with Crippen molar-refractivity contribution in [3.8, 4) is 11.5 Å². The van der Waals surface area contributed by atoms with Crippen molar-refractivity contribution in [2.24, 2.45) is 23.7 Å². The van der Waals surface area contributed by atoms with Crippen LogP contribution in [0.3, 0.4) is 0 Å². The summed E-state index contributed by atoms with van der Waals surface area (Å²) in [6, 6.07) is 16.5. The zero-order valence-electron chi connectivity index (χ0n) is 31.8. The number of carbonyl (C=O) groups excluding carboxylic acids is 4. The van der Waals surface area contributed by atoms with Crippen LogP contribution in [0.1, 0.15) is 46.7 Å². The predicted molar refractivity (Wildman–Crippen MR) is 213 cm³/mol. The van der Waals surface area contributed by atoms with Crippen LogP contribution in [0.2, 0.25) is 15.1 Å². The van der Waals surface area contributed by atoms with E-state index in [0.29, 0.717) is 44.7 Å². The van der Waals surface area contributed by atoms with E-state index in [9.17, 15) is 27.9 Å². The summed E-state index contributed by atoms with van der Waals surface area (Å²) >= 11 is 19.0. The molecular weight excluding hydrogens is 834 g/mol. The van der Waals surface area contributed by atoms with E-state index in [1.54, 1.807) is 56.3 Å². The van der Waals surface area contributed by atoms with Crippen molar-refractivity contribution in [3.05, 3.63) is 121 Å². The van der Waals surface area contributed by atoms with Gasteiger partial charge in [-0.1, -0.05) is 70.7 Å². The van der Waals surface area contributed by atoms with E-state index in [-0.39, 0.29) is 34.3 Å². The molecule has 59 heavy (non-hydrogen) atoms. The smallest absolute Gasteiger partial charge is 0.433 e. The third-order valence-electron chi connectivity index (χ3n) is 12.1. The van der Waals surface area contributed by atoms with Crippen LogP contribution in [0.15, 0.2) is 78.4 Å². The fourth-order valence-corrected chi connectivity index (χ4v) is 10.2. The fourth-order valence-electron chi connectivity index (χ4n) is 9.56. The Hall–Kier alpha value is -5.31. The Kier molecular flexibility index (Phi) is 9.91. The number of carbonyl (C=O) groups is 4. The molecule has 1 saturated carbocycles. The Morgan fingerprint density at radius 2 is 1.58 bits per heavy atom. The molecule has 3 heterocycles. The van der Waals surface area contributed by atoms with Crippen LogP contribution in [0.25, 0.3) is 0 Å². The van der Waals surface area contributed by atoms with Crippen molar-refractivity contribution < 1.29 is 42.2 Å². The monoisotopic (exact) mass is 867 g/mol. The van der Waals surface area contributed by atoms with E-state index in [4.69, 9.17) is 39.5 Å². The van der Waals surface area contributed by atoms with Gasteiger partial charge in [0.25, 0.3) is 23.6 Å². The molecule has 306 valence electrons. The van der Waals surface area contributed by atoms with Gasteiger partial charge in [-0.05, 0) is 97.3 Å². The van der Waals surface area contributed by atoms with Crippen LogP contribution < -0.4 is 15.2 Å². The number of hydrazine groups is 2. The van der Waals surface area contributed by atoms with Gasteiger partial charge in [0.2, 0.25) is 0 Å². The number of benzene rings is 3. The quantitative estimate of drug-likeness (QED) is 0.139. The maximum absolute atomic E-state index is 15.5. The number of aromatic hydroxyl groups is 1. The minimum Gasteiger partial charge on any atom is -0.507 e. The van der Waals surface area contributed by atoms with Crippen LogP contribution >= 0.6 is 34.8 Å². The SMILES string of the molecule is COc1ccc(C23C(=O)N(Nc4ccc(Cl)cc4Cl)C(=O)C2CC2C(=CCC4C(=O)N(N(C)c5nc(C(F)(F)F)ccc5Cl)C(=O)C42)C3c2cc(C)c(O)c(C)c2)cc1. The minimum atomic E-state index is -4.84. The average molecular weight is 869 g/mol. The standard InChI is InChI=1S/C42H35Cl3F3N5O6/c1-19-15-21(16-20(2)35(19)54)34-25-10-11-26-33(39(57)53(37(26)55)51(3)36-29(44)12-14-32(49-36)42(46,47)48)27(25)18-28-38(56)52(50-31-13-7-23(43)17-30(31)45)40(58)41(28,34)22-5-8-24(59-4)9-6-22/h5-10,12-17,26-28,33-34,50,54H,11,18H2,1-4H3. The Bertz CT molecular complexity index is 2480. The molecule has 2 saturated heterocycles. The molecule has 2 N–H and O–H groups in total. The molecule has 4 aromatic rings. The van der Waals surface area contributed by atoms with Crippen LogP contribution in [0, 0.1) is 37.5 Å². The highest BCUT2D eigenvalue weighted by atomic mass is 35.5.